The number of aliphatic hydroxyl groups is 1. The quantitative estimate of drug-likeness (QED) is 0.895. The van der Waals surface area contributed by atoms with Crippen LogP contribution >= 0.6 is 38.9 Å². The third kappa shape index (κ3) is 3.51. The Morgan fingerprint density at radius 1 is 1.64 bits per heavy atom. The Kier molecular flexibility index (Phi) is 4.87. The third-order valence-corrected chi connectivity index (χ3v) is 4.29. The van der Waals surface area contributed by atoms with Gasteiger partial charge in [0.05, 0.1) is 0 Å². The number of nitrogens with one attached hydrogen (secondary N) is 1. The molecule has 1 rings (SSSR count). The van der Waals surface area contributed by atoms with Crippen molar-refractivity contribution < 1.29 is 5.11 Å². The number of aliphatic hydroxyl groups excluding tert-OH is 1. The standard InChI is InChI=1S/C9H13BrClNOS/c1-5(2)12-4-7(13)8-3-6(10)9(11)14-8/h3,5,7,12-13H,4H2,1-2H3. The molecule has 0 aliphatic heterocycles. The summed E-state index contributed by atoms with van der Waals surface area (Å²) in [6, 6.07) is 2.24. The van der Waals surface area contributed by atoms with Crippen LogP contribution in [0.1, 0.15) is 24.8 Å². The third-order valence-electron chi connectivity index (χ3n) is 1.71. The van der Waals surface area contributed by atoms with Gasteiger partial charge < -0.3 is 10.4 Å². The zero-order chi connectivity index (χ0) is 10.7. The molecule has 14 heavy (non-hydrogen) atoms. The van der Waals surface area contributed by atoms with E-state index in [1.54, 1.807) is 0 Å². The molecule has 0 amide bonds. The van der Waals surface area contributed by atoms with E-state index in [0.29, 0.717) is 16.9 Å². The second kappa shape index (κ2) is 5.47. The minimum Gasteiger partial charge on any atom is -0.386 e. The summed E-state index contributed by atoms with van der Waals surface area (Å²) >= 11 is 10.6. The molecule has 0 fully saturated rings. The van der Waals surface area contributed by atoms with Gasteiger partial charge in [-0.2, -0.15) is 0 Å². The van der Waals surface area contributed by atoms with Gasteiger partial charge in [0.2, 0.25) is 0 Å². The summed E-state index contributed by atoms with van der Waals surface area (Å²) in [4.78, 5) is 0.884. The Morgan fingerprint density at radius 2 is 2.29 bits per heavy atom. The Bertz CT molecular complexity index is 284. The largest absolute Gasteiger partial charge is 0.386 e. The van der Waals surface area contributed by atoms with Crippen LogP contribution in [0.25, 0.3) is 0 Å². The average molecular weight is 299 g/mol. The number of rotatable bonds is 4. The lowest BCUT2D eigenvalue weighted by molar-refractivity contribution is 0.175. The average Bonchev–Trinajstić information content (AvgIpc) is 2.43. The predicted octanol–water partition coefficient (Wildman–Crippen LogP) is 3.20. The molecule has 0 radical (unpaired) electrons. The molecule has 0 aliphatic carbocycles. The van der Waals surface area contributed by atoms with Crippen LogP contribution in [-0.4, -0.2) is 17.7 Å². The van der Waals surface area contributed by atoms with Gasteiger partial charge in [-0.25, -0.2) is 0 Å². The molecule has 80 valence electrons. The highest BCUT2D eigenvalue weighted by Crippen LogP contribution is 2.34. The normalized spacial score (nSPS) is 13.6. The number of halogens is 2. The maximum absolute atomic E-state index is 9.78. The summed E-state index contributed by atoms with van der Waals surface area (Å²) in [6.07, 6.45) is -0.480. The zero-order valence-corrected chi connectivity index (χ0v) is 11.2. The lowest BCUT2D eigenvalue weighted by atomic mass is 10.2. The number of thiophene rings is 1. The number of hydrogen-bond acceptors (Lipinski definition) is 3. The van der Waals surface area contributed by atoms with Crippen LogP contribution in [0, 0.1) is 0 Å². The van der Waals surface area contributed by atoms with E-state index in [0.717, 1.165) is 9.35 Å². The van der Waals surface area contributed by atoms with E-state index in [9.17, 15) is 5.11 Å². The lowest BCUT2D eigenvalue weighted by Crippen LogP contribution is -2.27. The van der Waals surface area contributed by atoms with Crippen molar-refractivity contribution in [1.29, 1.82) is 0 Å². The van der Waals surface area contributed by atoms with Gasteiger partial charge in [-0.1, -0.05) is 25.4 Å². The van der Waals surface area contributed by atoms with Crippen molar-refractivity contribution >= 4 is 38.9 Å². The summed E-state index contributed by atoms with van der Waals surface area (Å²) in [5.41, 5.74) is 0. The summed E-state index contributed by atoms with van der Waals surface area (Å²) in [6.45, 7) is 4.65. The molecular formula is C9H13BrClNOS. The van der Waals surface area contributed by atoms with Crippen molar-refractivity contribution in [2.24, 2.45) is 0 Å². The SMILES string of the molecule is CC(C)NCC(O)c1cc(Br)c(Cl)s1. The summed E-state index contributed by atoms with van der Waals surface area (Å²) < 4.78 is 1.53. The summed E-state index contributed by atoms with van der Waals surface area (Å²) in [5.74, 6) is 0. The fourth-order valence-corrected chi connectivity index (χ4v) is 2.70. The molecule has 0 aromatic carbocycles. The second-order valence-electron chi connectivity index (χ2n) is 3.35. The van der Waals surface area contributed by atoms with E-state index in [-0.39, 0.29) is 0 Å². The fourth-order valence-electron chi connectivity index (χ4n) is 0.975. The molecule has 5 heteroatoms. The van der Waals surface area contributed by atoms with Gasteiger partial charge in [0.25, 0.3) is 0 Å². The molecule has 0 saturated heterocycles. The minimum absolute atomic E-state index is 0.378. The van der Waals surface area contributed by atoms with Crippen LogP contribution in [0.15, 0.2) is 10.5 Å². The van der Waals surface area contributed by atoms with Crippen LogP contribution in [0.4, 0.5) is 0 Å². The molecule has 2 nitrogen and oxygen atoms in total. The molecular weight excluding hydrogens is 286 g/mol. The first-order valence-corrected chi connectivity index (χ1v) is 6.35. The monoisotopic (exact) mass is 297 g/mol. The van der Waals surface area contributed by atoms with Gasteiger partial charge in [0.1, 0.15) is 10.4 Å². The molecule has 1 unspecified atom stereocenters. The van der Waals surface area contributed by atoms with Gasteiger partial charge in [0, 0.05) is 21.9 Å². The van der Waals surface area contributed by atoms with Crippen molar-refractivity contribution in [2.75, 3.05) is 6.54 Å². The first-order chi connectivity index (χ1) is 6.50. The van der Waals surface area contributed by atoms with Crippen molar-refractivity contribution in [3.8, 4) is 0 Å². The van der Waals surface area contributed by atoms with Crippen molar-refractivity contribution in [1.82, 2.24) is 5.32 Å². The molecule has 0 aliphatic rings. The van der Waals surface area contributed by atoms with E-state index in [4.69, 9.17) is 11.6 Å². The molecule has 0 saturated carbocycles. The minimum atomic E-state index is -0.480. The zero-order valence-electron chi connectivity index (χ0n) is 8.05. The van der Waals surface area contributed by atoms with Crippen LogP contribution < -0.4 is 5.32 Å². The van der Waals surface area contributed by atoms with Crippen molar-refractivity contribution in [3.05, 3.63) is 19.8 Å². The Labute approximate surface area is 101 Å². The molecule has 2 N–H and O–H groups in total. The highest BCUT2D eigenvalue weighted by Gasteiger charge is 2.13. The predicted molar refractivity (Wildman–Crippen MR) is 65.1 cm³/mol. The molecule has 1 heterocycles. The van der Waals surface area contributed by atoms with E-state index < -0.39 is 6.10 Å². The molecule has 0 bridgehead atoms. The van der Waals surface area contributed by atoms with Gasteiger partial charge in [-0.3, -0.25) is 0 Å². The Hall–Kier alpha value is 0.390. The molecule has 1 atom stereocenters. The smallest absolute Gasteiger partial charge is 0.107 e. The van der Waals surface area contributed by atoms with Crippen molar-refractivity contribution in [3.63, 3.8) is 0 Å². The molecule has 0 spiro atoms. The van der Waals surface area contributed by atoms with E-state index >= 15 is 0 Å². The maximum atomic E-state index is 9.78. The van der Waals surface area contributed by atoms with Crippen LogP contribution in [-0.2, 0) is 0 Å². The highest BCUT2D eigenvalue weighted by atomic mass is 79.9. The Balaban J connectivity index is 2.56. The highest BCUT2D eigenvalue weighted by molar-refractivity contribution is 9.10. The van der Waals surface area contributed by atoms with Crippen molar-refractivity contribution in [2.45, 2.75) is 26.0 Å². The van der Waals surface area contributed by atoms with Gasteiger partial charge in [-0.15, -0.1) is 11.3 Å². The first kappa shape index (κ1) is 12.5. The second-order valence-corrected chi connectivity index (χ2v) is 5.89. The topological polar surface area (TPSA) is 32.3 Å². The van der Waals surface area contributed by atoms with E-state index in [1.165, 1.54) is 11.3 Å². The van der Waals surface area contributed by atoms with Gasteiger partial charge in [0.15, 0.2) is 0 Å². The fraction of sp³-hybridized carbons (Fsp3) is 0.556. The van der Waals surface area contributed by atoms with Crippen LogP contribution in [0.2, 0.25) is 4.34 Å². The number of hydrogen-bond donors (Lipinski definition) is 2. The lowest BCUT2D eigenvalue weighted by Gasteiger charge is -2.12. The summed E-state index contributed by atoms with van der Waals surface area (Å²) in [5, 5.41) is 12.9. The van der Waals surface area contributed by atoms with Gasteiger partial charge in [-0.05, 0) is 22.0 Å². The Morgan fingerprint density at radius 3 is 2.71 bits per heavy atom. The van der Waals surface area contributed by atoms with E-state index in [2.05, 4.69) is 21.2 Å². The van der Waals surface area contributed by atoms with Crippen LogP contribution in [0.5, 0.6) is 0 Å². The molecule has 1 aromatic heterocycles. The maximum Gasteiger partial charge on any atom is 0.107 e. The molecule has 1 aromatic rings. The van der Waals surface area contributed by atoms with Crippen LogP contribution in [0.3, 0.4) is 0 Å². The first-order valence-electron chi connectivity index (χ1n) is 4.37. The van der Waals surface area contributed by atoms with Gasteiger partial charge >= 0.3 is 0 Å². The van der Waals surface area contributed by atoms with E-state index in [1.807, 2.05) is 19.9 Å². The summed E-state index contributed by atoms with van der Waals surface area (Å²) in [7, 11) is 0.